The van der Waals surface area contributed by atoms with Crippen LogP contribution in [-0.2, 0) is 10.1 Å². The normalized spacial score (nSPS) is 19.9. The summed E-state index contributed by atoms with van der Waals surface area (Å²) in [6.07, 6.45) is -11.0. The molecule has 3 unspecified atom stereocenters. The van der Waals surface area contributed by atoms with Gasteiger partial charge in [0.15, 0.2) is 12.3 Å². The largest absolute Gasteiger partial charge is 0.300 e. The third-order valence-corrected chi connectivity index (χ3v) is 1.91. The van der Waals surface area contributed by atoms with Crippen LogP contribution in [0.2, 0.25) is 0 Å². The quantitative estimate of drug-likeness (QED) is 0.579. The molecule has 0 aromatic carbocycles. The molecule has 0 heterocycles. The van der Waals surface area contributed by atoms with Gasteiger partial charge < -0.3 is 0 Å². The topological polar surface area (TPSA) is 54.4 Å². The summed E-state index contributed by atoms with van der Waals surface area (Å²) in [6.45, 7) is 0. The van der Waals surface area contributed by atoms with Gasteiger partial charge in [0, 0.05) is 0 Å². The molecule has 80 valence electrons. The maximum Gasteiger partial charge on any atom is 0.300 e. The second-order valence-corrected chi connectivity index (χ2v) is 3.57. The van der Waals surface area contributed by atoms with Gasteiger partial charge in [0.2, 0.25) is 0 Å². The highest BCUT2D eigenvalue weighted by atomic mass is 32.2. The zero-order chi connectivity index (χ0) is 10.8. The van der Waals surface area contributed by atoms with Crippen LogP contribution < -0.4 is 0 Å². The summed E-state index contributed by atoms with van der Waals surface area (Å²) in [7, 11) is -5.50. The summed E-state index contributed by atoms with van der Waals surface area (Å²) in [5.74, 6) is 0. The molecular formula is C4H5F5O3S. The number of hydrogen-bond donors (Lipinski definition) is 1. The van der Waals surface area contributed by atoms with Crippen molar-refractivity contribution in [2.24, 2.45) is 0 Å². The maximum absolute atomic E-state index is 12.2. The Morgan fingerprint density at radius 2 is 1.31 bits per heavy atom. The minimum atomic E-state index is -5.50. The van der Waals surface area contributed by atoms with Crippen molar-refractivity contribution < 1.29 is 34.9 Å². The van der Waals surface area contributed by atoms with Crippen molar-refractivity contribution in [1.82, 2.24) is 0 Å². The van der Waals surface area contributed by atoms with Crippen LogP contribution in [0.1, 0.15) is 0 Å². The van der Waals surface area contributed by atoms with Crippen LogP contribution >= 0.6 is 0 Å². The average molecular weight is 228 g/mol. The van der Waals surface area contributed by atoms with E-state index in [0.29, 0.717) is 0 Å². The van der Waals surface area contributed by atoms with E-state index in [-0.39, 0.29) is 0 Å². The van der Waals surface area contributed by atoms with Gasteiger partial charge >= 0.3 is 10.1 Å². The van der Waals surface area contributed by atoms with Gasteiger partial charge in [-0.25, -0.2) is 22.0 Å². The van der Waals surface area contributed by atoms with Gasteiger partial charge in [0.1, 0.15) is 0 Å². The molecule has 3 atom stereocenters. The lowest BCUT2D eigenvalue weighted by atomic mass is 10.3. The van der Waals surface area contributed by atoms with Gasteiger partial charge in [-0.1, -0.05) is 0 Å². The fourth-order valence-corrected chi connectivity index (χ4v) is 0.926. The van der Waals surface area contributed by atoms with Crippen LogP contribution in [0.25, 0.3) is 0 Å². The van der Waals surface area contributed by atoms with E-state index in [9.17, 15) is 30.4 Å². The first-order valence-corrected chi connectivity index (χ1v) is 4.35. The molecule has 0 aliphatic carbocycles. The van der Waals surface area contributed by atoms with Crippen molar-refractivity contribution in [2.45, 2.75) is 24.3 Å². The summed E-state index contributed by atoms with van der Waals surface area (Å²) in [5, 5.41) is 0. The molecule has 0 aromatic rings. The first-order valence-electron chi connectivity index (χ1n) is 2.84. The minimum absolute atomic E-state index is 3.59. The van der Waals surface area contributed by atoms with Gasteiger partial charge in [-0.15, -0.1) is 0 Å². The molecule has 0 aliphatic rings. The molecule has 9 heteroatoms. The van der Waals surface area contributed by atoms with Gasteiger partial charge in [0.25, 0.3) is 11.9 Å². The smallest absolute Gasteiger partial charge is 0.283 e. The van der Waals surface area contributed by atoms with Gasteiger partial charge in [-0.2, -0.15) is 8.42 Å². The molecule has 0 fully saturated rings. The molecule has 0 saturated heterocycles. The lowest BCUT2D eigenvalue weighted by Gasteiger charge is -2.14. The fraction of sp³-hybridized carbons (Fsp3) is 1.00. The first-order chi connectivity index (χ1) is 5.68. The van der Waals surface area contributed by atoms with Crippen LogP contribution in [0.4, 0.5) is 22.0 Å². The molecule has 0 saturated carbocycles. The SMILES string of the molecule is O=S(=O)(O)C(F)C(F)C(F)C(F)F. The summed E-state index contributed by atoms with van der Waals surface area (Å²) in [4.78, 5) is 0. The number of alkyl halides is 5. The van der Waals surface area contributed by atoms with Crippen molar-refractivity contribution in [3.05, 3.63) is 0 Å². The Bertz CT molecular complexity index is 253. The van der Waals surface area contributed by atoms with E-state index in [4.69, 9.17) is 4.55 Å². The van der Waals surface area contributed by atoms with Crippen LogP contribution in [0.3, 0.4) is 0 Å². The van der Waals surface area contributed by atoms with Crippen molar-refractivity contribution >= 4 is 10.1 Å². The zero-order valence-corrected chi connectivity index (χ0v) is 6.69. The van der Waals surface area contributed by atoms with Crippen LogP contribution in [-0.4, -0.2) is 37.2 Å². The molecule has 0 amide bonds. The Kier molecular flexibility index (Phi) is 4.04. The average Bonchev–Trinajstić information content (AvgIpc) is 1.98. The molecule has 13 heavy (non-hydrogen) atoms. The Balaban J connectivity index is 4.52. The second kappa shape index (κ2) is 4.18. The second-order valence-electron chi connectivity index (χ2n) is 2.09. The standard InChI is InChI=1S/C4H5F5O3S/c5-1(3(7)8)2(6)4(9)13(10,11)12/h1-4H,(H,10,11,12). The Morgan fingerprint density at radius 1 is 0.923 bits per heavy atom. The number of rotatable bonds is 4. The van der Waals surface area contributed by atoms with E-state index in [2.05, 4.69) is 0 Å². The molecule has 0 aliphatic heterocycles. The predicted molar refractivity (Wildman–Crippen MR) is 32.2 cm³/mol. The summed E-state index contributed by atoms with van der Waals surface area (Å²) in [5.41, 5.74) is -3.70. The molecule has 0 radical (unpaired) electrons. The van der Waals surface area contributed by atoms with Gasteiger partial charge in [0.05, 0.1) is 0 Å². The maximum atomic E-state index is 12.2. The lowest BCUT2D eigenvalue weighted by molar-refractivity contribution is -0.0108. The molecule has 0 spiro atoms. The first kappa shape index (κ1) is 12.6. The Labute approximate surface area is 70.3 Å². The third-order valence-electron chi connectivity index (χ3n) is 1.08. The highest BCUT2D eigenvalue weighted by molar-refractivity contribution is 7.86. The Morgan fingerprint density at radius 3 is 1.54 bits per heavy atom. The molecule has 0 aromatic heterocycles. The highest BCUT2D eigenvalue weighted by Crippen LogP contribution is 2.20. The van der Waals surface area contributed by atoms with Crippen molar-refractivity contribution in [3.63, 3.8) is 0 Å². The highest BCUT2D eigenvalue weighted by Gasteiger charge is 2.42. The van der Waals surface area contributed by atoms with Gasteiger partial charge in [-0.05, 0) is 0 Å². The number of halogens is 5. The van der Waals surface area contributed by atoms with E-state index in [1.54, 1.807) is 0 Å². The van der Waals surface area contributed by atoms with E-state index >= 15 is 0 Å². The molecule has 0 rings (SSSR count). The fourth-order valence-electron chi connectivity index (χ4n) is 0.448. The minimum Gasteiger partial charge on any atom is -0.283 e. The van der Waals surface area contributed by atoms with Crippen molar-refractivity contribution in [1.29, 1.82) is 0 Å². The summed E-state index contributed by atoms with van der Waals surface area (Å²) < 4.78 is 86.5. The number of hydrogen-bond acceptors (Lipinski definition) is 2. The van der Waals surface area contributed by atoms with Crippen molar-refractivity contribution in [3.8, 4) is 0 Å². The summed E-state index contributed by atoms with van der Waals surface area (Å²) in [6, 6.07) is 0. The van der Waals surface area contributed by atoms with Crippen LogP contribution in [0.5, 0.6) is 0 Å². The van der Waals surface area contributed by atoms with Crippen LogP contribution in [0, 0.1) is 0 Å². The van der Waals surface area contributed by atoms with Crippen molar-refractivity contribution in [2.75, 3.05) is 0 Å². The van der Waals surface area contributed by atoms with E-state index < -0.39 is 34.4 Å². The molecule has 0 bridgehead atoms. The van der Waals surface area contributed by atoms with E-state index in [0.717, 1.165) is 0 Å². The summed E-state index contributed by atoms with van der Waals surface area (Å²) >= 11 is 0. The Hall–Kier alpha value is -0.440. The van der Waals surface area contributed by atoms with E-state index in [1.165, 1.54) is 0 Å². The lowest BCUT2D eigenvalue weighted by Crippen LogP contribution is -2.37. The third kappa shape index (κ3) is 3.43. The predicted octanol–water partition coefficient (Wildman–Crippen LogP) is 1.11. The van der Waals surface area contributed by atoms with Gasteiger partial charge in [-0.3, -0.25) is 4.55 Å². The van der Waals surface area contributed by atoms with E-state index in [1.807, 2.05) is 0 Å². The molecule has 3 nitrogen and oxygen atoms in total. The molecule has 1 N–H and O–H groups in total. The molecular weight excluding hydrogens is 223 g/mol. The monoisotopic (exact) mass is 228 g/mol. The zero-order valence-electron chi connectivity index (χ0n) is 5.87. The van der Waals surface area contributed by atoms with Crippen LogP contribution in [0.15, 0.2) is 0 Å².